The maximum atomic E-state index is 12.3. The molecule has 1 amide bonds. The minimum atomic E-state index is -3.94. The normalized spacial score (nSPS) is 12.1. The van der Waals surface area contributed by atoms with Crippen molar-refractivity contribution >= 4 is 33.3 Å². The van der Waals surface area contributed by atoms with E-state index >= 15 is 0 Å². The van der Waals surface area contributed by atoms with Crippen molar-refractivity contribution in [2.75, 3.05) is 11.9 Å². The first-order valence-corrected chi connectivity index (χ1v) is 10.3. The van der Waals surface area contributed by atoms with Crippen LogP contribution < -0.4 is 10.0 Å². The fraction of sp³-hybridized carbons (Fsp3) is 0.263. The number of nitrogens with zero attached hydrogens (tertiary/aromatic N) is 1. The molecule has 0 spiro atoms. The van der Waals surface area contributed by atoms with Crippen molar-refractivity contribution in [1.82, 2.24) is 4.72 Å². The number of hydrogen-bond acceptors (Lipinski definition) is 7. The van der Waals surface area contributed by atoms with Crippen LogP contribution in [0.5, 0.6) is 0 Å². The molecule has 1 unspecified atom stereocenters. The third-order valence-electron chi connectivity index (χ3n) is 4.23. The van der Waals surface area contributed by atoms with E-state index in [1.165, 1.54) is 43.3 Å². The largest absolute Gasteiger partial charge is 0.452 e. The van der Waals surface area contributed by atoms with Gasteiger partial charge in [0.2, 0.25) is 10.0 Å². The van der Waals surface area contributed by atoms with Crippen LogP contribution in [0.1, 0.15) is 18.1 Å². The summed E-state index contributed by atoms with van der Waals surface area (Å²) < 4.78 is 31.6. The van der Waals surface area contributed by atoms with Gasteiger partial charge in [0.15, 0.2) is 6.10 Å². The third kappa shape index (κ3) is 5.84. The maximum Gasteiger partial charge on any atom is 0.321 e. The quantitative estimate of drug-likeness (QED) is 0.367. The summed E-state index contributed by atoms with van der Waals surface area (Å²) in [6.07, 6.45) is -1.30. The molecule has 0 aromatic heterocycles. The Hall–Kier alpha value is -3.31. The standard InChI is InChI=1S/C19H21N3O7S/c1-12-8-9-15(10-13(12)2)30(27,28)20-11-18(23)29-14(3)19(24)21-16-6-4-5-7-17(16)22(25)26/h4-10,14,20H,11H2,1-3H3,(H,21,24). The second-order valence-corrected chi connectivity index (χ2v) is 8.23. The van der Waals surface area contributed by atoms with Gasteiger partial charge in [0.1, 0.15) is 12.2 Å². The number of carbonyl (C=O) groups excluding carboxylic acids is 2. The minimum absolute atomic E-state index is 0.000536. The van der Waals surface area contributed by atoms with Crippen LogP contribution in [0.25, 0.3) is 0 Å². The predicted molar refractivity (Wildman–Crippen MR) is 108 cm³/mol. The van der Waals surface area contributed by atoms with E-state index in [1.807, 2.05) is 6.92 Å². The number of anilines is 1. The van der Waals surface area contributed by atoms with Gasteiger partial charge < -0.3 is 10.1 Å². The van der Waals surface area contributed by atoms with Crippen molar-refractivity contribution in [3.8, 4) is 0 Å². The number of esters is 1. The lowest BCUT2D eigenvalue weighted by Gasteiger charge is -2.14. The molecule has 0 fully saturated rings. The Morgan fingerprint density at radius 1 is 1.13 bits per heavy atom. The van der Waals surface area contributed by atoms with Gasteiger partial charge in [-0.15, -0.1) is 0 Å². The number of ether oxygens (including phenoxy) is 1. The molecule has 0 aliphatic rings. The van der Waals surface area contributed by atoms with E-state index in [-0.39, 0.29) is 16.3 Å². The number of benzene rings is 2. The topological polar surface area (TPSA) is 145 Å². The Morgan fingerprint density at radius 3 is 2.43 bits per heavy atom. The molecule has 0 aliphatic carbocycles. The Labute approximate surface area is 173 Å². The zero-order valence-electron chi connectivity index (χ0n) is 16.5. The Bertz CT molecular complexity index is 1080. The summed E-state index contributed by atoms with van der Waals surface area (Å²) in [6.45, 7) is 4.19. The number of hydrogen-bond donors (Lipinski definition) is 2. The first-order valence-electron chi connectivity index (χ1n) is 8.82. The van der Waals surface area contributed by atoms with E-state index in [2.05, 4.69) is 10.0 Å². The summed E-state index contributed by atoms with van der Waals surface area (Å²) in [6, 6.07) is 10.0. The van der Waals surface area contributed by atoms with Gasteiger partial charge >= 0.3 is 5.97 Å². The summed E-state index contributed by atoms with van der Waals surface area (Å²) in [5, 5.41) is 13.3. The molecular formula is C19H21N3O7S. The summed E-state index contributed by atoms with van der Waals surface area (Å²) in [5.74, 6) is -1.78. The second kappa shape index (κ2) is 9.46. The van der Waals surface area contributed by atoms with Gasteiger partial charge in [-0.1, -0.05) is 18.2 Å². The SMILES string of the molecule is Cc1ccc(S(=O)(=O)NCC(=O)OC(C)C(=O)Nc2ccccc2[N+](=O)[O-])cc1C. The number of aryl methyl sites for hydroxylation is 2. The van der Waals surface area contributed by atoms with Crippen molar-refractivity contribution < 1.29 is 27.7 Å². The molecule has 2 aromatic carbocycles. The lowest BCUT2D eigenvalue weighted by Crippen LogP contribution is -2.36. The Balaban J connectivity index is 1.95. The molecule has 0 saturated heterocycles. The molecule has 0 aliphatic heterocycles. The van der Waals surface area contributed by atoms with Gasteiger partial charge in [0.05, 0.1) is 9.82 Å². The fourth-order valence-electron chi connectivity index (χ4n) is 2.38. The van der Waals surface area contributed by atoms with Gasteiger partial charge in [-0.25, -0.2) is 8.42 Å². The van der Waals surface area contributed by atoms with E-state index in [0.29, 0.717) is 0 Å². The van der Waals surface area contributed by atoms with Crippen LogP contribution in [0.4, 0.5) is 11.4 Å². The smallest absolute Gasteiger partial charge is 0.321 e. The van der Waals surface area contributed by atoms with Crippen molar-refractivity contribution in [2.45, 2.75) is 31.8 Å². The number of amides is 1. The van der Waals surface area contributed by atoms with E-state index in [0.717, 1.165) is 11.1 Å². The van der Waals surface area contributed by atoms with Crippen LogP contribution in [0, 0.1) is 24.0 Å². The van der Waals surface area contributed by atoms with Crippen LogP contribution in [-0.4, -0.2) is 37.9 Å². The summed E-state index contributed by atoms with van der Waals surface area (Å²) in [5.41, 5.74) is 1.34. The van der Waals surface area contributed by atoms with Crippen molar-refractivity contribution in [2.24, 2.45) is 0 Å². The molecule has 160 valence electrons. The van der Waals surface area contributed by atoms with Crippen molar-refractivity contribution in [1.29, 1.82) is 0 Å². The summed E-state index contributed by atoms with van der Waals surface area (Å²) >= 11 is 0. The molecule has 2 N–H and O–H groups in total. The fourth-order valence-corrected chi connectivity index (χ4v) is 3.44. The van der Waals surface area contributed by atoms with Crippen LogP contribution >= 0.6 is 0 Å². The van der Waals surface area contributed by atoms with Gasteiger partial charge in [-0.2, -0.15) is 4.72 Å². The molecule has 0 radical (unpaired) electrons. The third-order valence-corrected chi connectivity index (χ3v) is 5.63. The van der Waals surface area contributed by atoms with E-state index in [9.17, 15) is 28.1 Å². The highest BCUT2D eigenvalue weighted by molar-refractivity contribution is 7.89. The van der Waals surface area contributed by atoms with Gasteiger partial charge in [-0.3, -0.25) is 19.7 Å². The number of carbonyl (C=O) groups is 2. The van der Waals surface area contributed by atoms with E-state index in [4.69, 9.17) is 4.74 Å². The van der Waals surface area contributed by atoms with Gasteiger partial charge in [0.25, 0.3) is 11.6 Å². The molecule has 2 aromatic rings. The van der Waals surface area contributed by atoms with E-state index < -0.39 is 39.5 Å². The predicted octanol–water partition coefficient (Wildman–Crippen LogP) is 2.06. The second-order valence-electron chi connectivity index (χ2n) is 6.47. The minimum Gasteiger partial charge on any atom is -0.452 e. The first-order chi connectivity index (χ1) is 14.0. The average molecular weight is 435 g/mol. The molecule has 30 heavy (non-hydrogen) atoms. The molecule has 2 rings (SSSR count). The van der Waals surface area contributed by atoms with Crippen molar-refractivity contribution in [3.63, 3.8) is 0 Å². The molecule has 1 atom stereocenters. The summed E-state index contributed by atoms with van der Waals surface area (Å²) in [4.78, 5) is 34.4. The van der Waals surface area contributed by atoms with Crippen LogP contribution in [0.2, 0.25) is 0 Å². The molecule has 11 heteroatoms. The van der Waals surface area contributed by atoms with Crippen LogP contribution in [0.3, 0.4) is 0 Å². The molecule has 10 nitrogen and oxygen atoms in total. The first kappa shape index (κ1) is 23.0. The average Bonchev–Trinajstić information content (AvgIpc) is 2.68. The van der Waals surface area contributed by atoms with Gasteiger partial charge in [-0.05, 0) is 50.1 Å². The lowest BCUT2D eigenvalue weighted by molar-refractivity contribution is -0.383. The highest BCUT2D eigenvalue weighted by Crippen LogP contribution is 2.23. The zero-order chi connectivity index (χ0) is 22.5. The number of rotatable bonds is 8. The Kier molecular flexibility index (Phi) is 7.24. The van der Waals surface area contributed by atoms with Crippen LogP contribution in [0.15, 0.2) is 47.4 Å². The van der Waals surface area contributed by atoms with E-state index in [1.54, 1.807) is 13.0 Å². The van der Waals surface area contributed by atoms with Crippen molar-refractivity contribution in [3.05, 3.63) is 63.7 Å². The molecule has 0 saturated carbocycles. The van der Waals surface area contributed by atoms with Crippen LogP contribution in [-0.2, 0) is 24.3 Å². The molecule has 0 heterocycles. The number of nitrogens with one attached hydrogen (secondary N) is 2. The molecular weight excluding hydrogens is 414 g/mol. The number of sulfonamides is 1. The zero-order valence-corrected chi connectivity index (χ0v) is 17.4. The number of nitro groups is 1. The highest BCUT2D eigenvalue weighted by atomic mass is 32.2. The number of nitro benzene ring substituents is 1. The summed E-state index contributed by atoms with van der Waals surface area (Å²) in [7, 11) is -3.94. The monoisotopic (exact) mass is 435 g/mol. The highest BCUT2D eigenvalue weighted by Gasteiger charge is 2.23. The maximum absolute atomic E-state index is 12.3. The lowest BCUT2D eigenvalue weighted by atomic mass is 10.1. The van der Waals surface area contributed by atoms with Gasteiger partial charge in [0, 0.05) is 6.07 Å². The Morgan fingerprint density at radius 2 is 1.80 bits per heavy atom. The number of para-hydroxylation sites is 2. The molecule has 0 bridgehead atoms.